The van der Waals surface area contributed by atoms with Gasteiger partial charge in [0.2, 0.25) is 0 Å². The number of likely N-dealkylation sites (tertiary alicyclic amines) is 1. The molecule has 156 valence electrons. The van der Waals surface area contributed by atoms with Crippen LogP contribution in [-0.4, -0.2) is 37.0 Å². The predicted molar refractivity (Wildman–Crippen MR) is 131 cm³/mol. The summed E-state index contributed by atoms with van der Waals surface area (Å²) in [5.74, 6) is 1.71. The first-order chi connectivity index (χ1) is 14.4. The summed E-state index contributed by atoms with van der Waals surface area (Å²) in [6, 6.07) is 28.3. The van der Waals surface area contributed by atoms with Crippen molar-refractivity contribution < 1.29 is 4.74 Å². The van der Waals surface area contributed by atoms with E-state index in [1.54, 1.807) is 0 Å². The fraction of sp³-hybridized carbons (Fsp3) is 0.240. The molecule has 4 rings (SSSR count). The van der Waals surface area contributed by atoms with Crippen molar-refractivity contribution >= 4 is 34.2 Å². The first-order valence-corrected chi connectivity index (χ1v) is 10.3. The Bertz CT molecular complexity index is 908. The first kappa shape index (κ1) is 22.1. The van der Waals surface area contributed by atoms with E-state index in [0.717, 1.165) is 41.7 Å². The molecule has 4 nitrogen and oxygen atoms in total. The summed E-state index contributed by atoms with van der Waals surface area (Å²) >= 11 is 0. The van der Waals surface area contributed by atoms with Gasteiger partial charge in [0, 0.05) is 17.8 Å². The molecule has 1 fully saturated rings. The number of hydrogen-bond donors (Lipinski definition) is 1. The van der Waals surface area contributed by atoms with E-state index in [9.17, 15) is 0 Å². The predicted octanol–water partition coefficient (Wildman–Crippen LogP) is 5.93. The van der Waals surface area contributed by atoms with Crippen LogP contribution in [0.2, 0.25) is 0 Å². The van der Waals surface area contributed by atoms with Gasteiger partial charge in [-0.25, -0.2) is 4.99 Å². The summed E-state index contributed by atoms with van der Waals surface area (Å²) in [5, 5.41) is 3.44. The molecule has 0 aliphatic carbocycles. The molecule has 30 heavy (non-hydrogen) atoms. The van der Waals surface area contributed by atoms with Gasteiger partial charge < -0.3 is 10.1 Å². The minimum atomic E-state index is 0. The Hall–Kier alpha value is -2.63. The Morgan fingerprint density at radius 2 is 1.47 bits per heavy atom. The molecule has 0 unspecified atom stereocenters. The van der Waals surface area contributed by atoms with Gasteiger partial charge in [0.15, 0.2) is 0 Å². The number of para-hydroxylation sites is 1. The molecular weight excluding hydrogens is 438 g/mol. The van der Waals surface area contributed by atoms with Crippen molar-refractivity contribution in [3.8, 4) is 5.75 Å². The summed E-state index contributed by atoms with van der Waals surface area (Å²) in [5.41, 5.74) is 2.94. The summed E-state index contributed by atoms with van der Waals surface area (Å²) in [7, 11) is 0. The lowest BCUT2D eigenvalue weighted by Gasteiger charge is -2.15. The van der Waals surface area contributed by atoms with Gasteiger partial charge in [-0.3, -0.25) is 4.90 Å². The molecule has 1 aliphatic heterocycles. The Kier molecular flexibility index (Phi) is 8.48. The number of hydrogen-bond acceptors (Lipinski definition) is 3. The van der Waals surface area contributed by atoms with E-state index in [1.807, 2.05) is 72.8 Å². The fourth-order valence-corrected chi connectivity index (χ4v) is 3.46. The van der Waals surface area contributed by atoms with Crippen molar-refractivity contribution in [1.82, 2.24) is 4.90 Å². The van der Waals surface area contributed by atoms with Gasteiger partial charge in [0.1, 0.15) is 18.2 Å². The smallest absolute Gasteiger partial charge is 0.138 e. The molecule has 0 amide bonds. The lowest BCUT2D eigenvalue weighted by molar-refractivity contribution is 0.238. The van der Waals surface area contributed by atoms with E-state index in [4.69, 9.17) is 9.73 Å². The van der Waals surface area contributed by atoms with Crippen LogP contribution in [0.1, 0.15) is 18.4 Å². The third-order valence-electron chi connectivity index (χ3n) is 5.04. The molecule has 3 aromatic carbocycles. The van der Waals surface area contributed by atoms with Gasteiger partial charge in [-0.15, -0.1) is 17.0 Å². The van der Waals surface area contributed by atoms with Gasteiger partial charge in [-0.05, 0) is 62.3 Å². The van der Waals surface area contributed by atoms with Gasteiger partial charge in [0.25, 0.3) is 0 Å². The SMILES string of the molecule is Br.c1ccc(NC(=Nc2ccc(OCCN3CCCC3)cc2)c2ccccc2)cc1. The van der Waals surface area contributed by atoms with Gasteiger partial charge >= 0.3 is 0 Å². The van der Waals surface area contributed by atoms with Crippen LogP contribution in [0.5, 0.6) is 5.75 Å². The zero-order valence-electron chi connectivity index (χ0n) is 17.0. The third kappa shape index (κ3) is 6.44. The maximum Gasteiger partial charge on any atom is 0.138 e. The highest BCUT2D eigenvalue weighted by atomic mass is 79.9. The Morgan fingerprint density at radius 3 is 2.13 bits per heavy atom. The van der Waals surface area contributed by atoms with Gasteiger partial charge in [-0.1, -0.05) is 48.5 Å². The molecule has 0 aromatic heterocycles. The van der Waals surface area contributed by atoms with Crippen molar-refractivity contribution in [3.05, 3.63) is 90.5 Å². The second-order valence-corrected chi connectivity index (χ2v) is 7.21. The molecule has 1 aliphatic rings. The second-order valence-electron chi connectivity index (χ2n) is 7.21. The van der Waals surface area contributed by atoms with Crippen LogP contribution in [0.25, 0.3) is 0 Å². The molecule has 1 N–H and O–H groups in total. The Balaban J connectivity index is 0.00000256. The van der Waals surface area contributed by atoms with Crippen molar-refractivity contribution in [2.75, 3.05) is 31.6 Å². The van der Waals surface area contributed by atoms with Gasteiger partial charge in [0.05, 0.1) is 5.69 Å². The summed E-state index contributed by atoms with van der Waals surface area (Å²) in [4.78, 5) is 7.31. The standard InChI is InChI=1S/C25H27N3O.BrH/c1-3-9-21(10-4-1)25(26-22-11-5-2-6-12-22)27-23-13-15-24(16-14-23)29-20-19-28-17-7-8-18-28;/h1-6,9-16H,7-8,17-20H2,(H,26,27);1H. The van der Waals surface area contributed by atoms with Crippen LogP contribution in [-0.2, 0) is 0 Å². The zero-order chi connectivity index (χ0) is 19.7. The molecule has 0 spiro atoms. The fourth-order valence-electron chi connectivity index (χ4n) is 3.46. The van der Waals surface area contributed by atoms with Crippen molar-refractivity contribution in [3.63, 3.8) is 0 Å². The number of benzene rings is 3. The molecule has 0 saturated carbocycles. The number of anilines is 1. The zero-order valence-corrected chi connectivity index (χ0v) is 18.7. The minimum absolute atomic E-state index is 0. The summed E-state index contributed by atoms with van der Waals surface area (Å²) in [6.07, 6.45) is 2.63. The highest BCUT2D eigenvalue weighted by Crippen LogP contribution is 2.20. The lowest BCUT2D eigenvalue weighted by atomic mass is 10.2. The largest absolute Gasteiger partial charge is 0.492 e. The molecule has 1 saturated heterocycles. The van der Waals surface area contributed by atoms with Crippen molar-refractivity contribution in [2.24, 2.45) is 4.99 Å². The van der Waals surface area contributed by atoms with E-state index in [0.29, 0.717) is 0 Å². The number of amidine groups is 1. The molecule has 5 heteroatoms. The molecule has 1 heterocycles. The highest BCUT2D eigenvalue weighted by Gasteiger charge is 2.10. The number of ether oxygens (including phenoxy) is 1. The van der Waals surface area contributed by atoms with E-state index >= 15 is 0 Å². The van der Waals surface area contributed by atoms with Crippen LogP contribution in [0, 0.1) is 0 Å². The van der Waals surface area contributed by atoms with Crippen LogP contribution in [0.15, 0.2) is 89.9 Å². The molecule has 0 radical (unpaired) electrons. The average Bonchev–Trinajstić information content (AvgIpc) is 3.29. The van der Waals surface area contributed by atoms with Gasteiger partial charge in [-0.2, -0.15) is 0 Å². The molecule has 3 aromatic rings. The third-order valence-corrected chi connectivity index (χ3v) is 5.04. The average molecular weight is 466 g/mol. The van der Waals surface area contributed by atoms with Crippen LogP contribution in [0.4, 0.5) is 11.4 Å². The van der Waals surface area contributed by atoms with Crippen molar-refractivity contribution in [2.45, 2.75) is 12.8 Å². The highest BCUT2D eigenvalue weighted by molar-refractivity contribution is 8.93. The van der Waals surface area contributed by atoms with E-state index in [2.05, 4.69) is 22.3 Å². The van der Waals surface area contributed by atoms with Crippen LogP contribution < -0.4 is 10.1 Å². The monoisotopic (exact) mass is 465 g/mol. The molecule has 0 bridgehead atoms. The minimum Gasteiger partial charge on any atom is -0.492 e. The molecule has 0 atom stereocenters. The van der Waals surface area contributed by atoms with E-state index in [1.165, 1.54) is 25.9 Å². The van der Waals surface area contributed by atoms with E-state index < -0.39 is 0 Å². The topological polar surface area (TPSA) is 36.9 Å². The van der Waals surface area contributed by atoms with E-state index in [-0.39, 0.29) is 17.0 Å². The van der Waals surface area contributed by atoms with Crippen molar-refractivity contribution in [1.29, 1.82) is 0 Å². The van der Waals surface area contributed by atoms with Crippen LogP contribution in [0.3, 0.4) is 0 Å². The number of nitrogens with zero attached hydrogens (tertiary/aromatic N) is 2. The summed E-state index contributed by atoms with van der Waals surface area (Å²) < 4.78 is 5.90. The molecular formula is C25H28BrN3O. The summed E-state index contributed by atoms with van der Waals surface area (Å²) in [6.45, 7) is 4.13. The second kappa shape index (κ2) is 11.5. The maximum atomic E-state index is 5.90. The van der Waals surface area contributed by atoms with Crippen LogP contribution >= 0.6 is 17.0 Å². The number of nitrogens with one attached hydrogen (secondary N) is 1. The lowest BCUT2D eigenvalue weighted by Crippen LogP contribution is -2.25. The quantitative estimate of drug-likeness (QED) is 0.347. The normalized spacial score (nSPS) is 14.2. The number of aliphatic imine (C=N–C) groups is 1. The number of halogens is 1. The Morgan fingerprint density at radius 1 is 0.833 bits per heavy atom. The Labute approximate surface area is 189 Å². The number of rotatable bonds is 7. The first-order valence-electron chi connectivity index (χ1n) is 10.3. The maximum absolute atomic E-state index is 5.90.